The fraction of sp³-hybridized carbons (Fsp3) is 0.611. The molecule has 1 atom stereocenters. The quantitative estimate of drug-likeness (QED) is 0.897. The molecule has 1 aromatic rings. The van der Waals surface area contributed by atoms with Crippen LogP contribution in [0, 0.1) is 17.7 Å². The van der Waals surface area contributed by atoms with Gasteiger partial charge in [0.25, 0.3) is 0 Å². The lowest BCUT2D eigenvalue weighted by Gasteiger charge is -2.29. The average Bonchev–Trinajstić information content (AvgIpc) is 3.08. The molecule has 1 aliphatic carbocycles. The molecular weight excluding hydrogens is 279 g/mol. The molecule has 1 unspecified atom stereocenters. The summed E-state index contributed by atoms with van der Waals surface area (Å²) in [4.78, 5) is 12.6. The van der Waals surface area contributed by atoms with Gasteiger partial charge in [-0.05, 0) is 62.4 Å². The molecule has 3 nitrogen and oxygen atoms in total. The van der Waals surface area contributed by atoms with Crippen molar-refractivity contribution in [3.8, 4) is 0 Å². The predicted octanol–water partition coefficient (Wildman–Crippen LogP) is 3.17. The highest BCUT2D eigenvalue weighted by Crippen LogP contribution is 2.36. The van der Waals surface area contributed by atoms with Crippen molar-refractivity contribution in [3.05, 3.63) is 35.6 Å². The molecule has 1 saturated heterocycles. The van der Waals surface area contributed by atoms with Gasteiger partial charge in [-0.1, -0.05) is 25.0 Å². The molecular formula is C18H25FN2O. The van der Waals surface area contributed by atoms with Crippen LogP contribution in [0.2, 0.25) is 0 Å². The Hall–Kier alpha value is -1.42. The summed E-state index contributed by atoms with van der Waals surface area (Å²) in [6.07, 6.45) is 6.57. The number of carbonyl (C=O) groups is 1. The summed E-state index contributed by atoms with van der Waals surface area (Å²) < 4.78 is 13.2. The number of carbonyl (C=O) groups excluding carboxylic acids is 1. The van der Waals surface area contributed by atoms with Gasteiger partial charge in [-0.3, -0.25) is 4.79 Å². The molecule has 120 valence electrons. The van der Waals surface area contributed by atoms with Gasteiger partial charge in [-0.25, -0.2) is 4.39 Å². The van der Waals surface area contributed by atoms with Crippen molar-refractivity contribution in [2.24, 2.45) is 11.8 Å². The Balaban J connectivity index is 1.73. The second kappa shape index (κ2) is 7.23. The molecule has 2 fully saturated rings. The van der Waals surface area contributed by atoms with Crippen molar-refractivity contribution in [2.75, 3.05) is 13.1 Å². The Morgan fingerprint density at radius 1 is 1.09 bits per heavy atom. The minimum Gasteiger partial charge on any atom is -0.349 e. The molecule has 4 heteroatoms. The van der Waals surface area contributed by atoms with Crippen molar-refractivity contribution < 1.29 is 9.18 Å². The lowest BCUT2D eigenvalue weighted by atomic mass is 9.90. The third-order valence-corrected chi connectivity index (χ3v) is 5.11. The Morgan fingerprint density at radius 3 is 2.36 bits per heavy atom. The second-order valence-electron chi connectivity index (χ2n) is 6.61. The molecule has 0 spiro atoms. The molecule has 0 aromatic heterocycles. The summed E-state index contributed by atoms with van der Waals surface area (Å²) in [6.45, 7) is 1.84. The van der Waals surface area contributed by atoms with E-state index in [2.05, 4.69) is 10.6 Å². The van der Waals surface area contributed by atoms with E-state index in [1.807, 2.05) is 12.1 Å². The first-order chi connectivity index (χ1) is 10.7. The summed E-state index contributed by atoms with van der Waals surface area (Å²) in [7, 11) is 0. The molecule has 1 aromatic carbocycles. The van der Waals surface area contributed by atoms with Gasteiger partial charge < -0.3 is 10.6 Å². The standard InChI is InChI=1S/C18H25FN2O/c19-16-7-5-14(6-8-16)17(13-3-1-2-4-13)21-18(22)15-9-11-20-12-10-15/h5-8,13,15,17,20H,1-4,9-12H2,(H,21,22). The Labute approximate surface area is 131 Å². The first kappa shape index (κ1) is 15.5. The number of hydrogen-bond acceptors (Lipinski definition) is 2. The van der Waals surface area contributed by atoms with Crippen molar-refractivity contribution in [2.45, 2.75) is 44.6 Å². The minimum absolute atomic E-state index is 0.0329. The van der Waals surface area contributed by atoms with Gasteiger partial charge in [-0.2, -0.15) is 0 Å². The van der Waals surface area contributed by atoms with Crippen LogP contribution in [-0.4, -0.2) is 19.0 Å². The van der Waals surface area contributed by atoms with Gasteiger partial charge in [0, 0.05) is 5.92 Å². The van der Waals surface area contributed by atoms with Crippen LogP contribution >= 0.6 is 0 Å². The summed E-state index contributed by atoms with van der Waals surface area (Å²) in [5.74, 6) is 0.544. The minimum atomic E-state index is -0.224. The smallest absolute Gasteiger partial charge is 0.223 e. The number of nitrogens with one attached hydrogen (secondary N) is 2. The Bertz CT molecular complexity index is 490. The predicted molar refractivity (Wildman–Crippen MR) is 84.8 cm³/mol. The van der Waals surface area contributed by atoms with Crippen molar-refractivity contribution in [3.63, 3.8) is 0 Å². The molecule has 0 bridgehead atoms. The van der Waals surface area contributed by atoms with E-state index in [9.17, 15) is 9.18 Å². The van der Waals surface area contributed by atoms with E-state index in [0.717, 1.165) is 44.3 Å². The number of piperidine rings is 1. The molecule has 3 rings (SSSR count). The fourth-order valence-corrected chi connectivity index (χ4v) is 3.79. The summed E-state index contributed by atoms with van der Waals surface area (Å²) in [6, 6.07) is 6.66. The van der Waals surface area contributed by atoms with Crippen LogP contribution in [0.5, 0.6) is 0 Å². The third kappa shape index (κ3) is 3.67. The lowest BCUT2D eigenvalue weighted by molar-refractivity contribution is -0.126. The van der Waals surface area contributed by atoms with Crippen LogP contribution in [0.15, 0.2) is 24.3 Å². The van der Waals surface area contributed by atoms with Gasteiger partial charge >= 0.3 is 0 Å². The molecule has 2 N–H and O–H groups in total. The molecule has 1 saturated carbocycles. The molecule has 2 aliphatic rings. The molecule has 1 aliphatic heterocycles. The lowest BCUT2D eigenvalue weighted by Crippen LogP contribution is -2.41. The van der Waals surface area contributed by atoms with Gasteiger partial charge in [0.15, 0.2) is 0 Å². The number of hydrogen-bond donors (Lipinski definition) is 2. The zero-order valence-corrected chi connectivity index (χ0v) is 13.0. The highest BCUT2D eigenvalue weighted by molar-refractivity contribution is 5.79. The fourth-order valence-electron chi connectivity index (χ4n) is 3.79. The zero-order valence-electron chi connectivity index (χ0n) is 13.0. The van der Waals surface area contributed by atoms with Crippen LogP contribution in [0.4, 0.5) is 4.39 Å². The Morgan fingerprint density at radius 2 is 1.73 bits per heavy atom. The third-order valence-electron chi connectivity index (χ3n) is 5.11. The van der Waals surface area contributed by atoms with E-state index < -0.39 is 0 Å². The first-order valence-electron chi connectivity index (χ1n) is 8.50. The van der Waals surface area contributed by atoms with Crippen LogP contribution in [0.1, 0.15) is 50.1 Å². The topological polar surface area (TPSA) is 41.1 Å². The van der Waals surface area contributed by atoms with Crippen LogP contribution in [0.3, 0.4) is 0 Å². The monoisotopic (exact) mass is 304 g/mol. The van der Waals surface area contributed by atoms with Gasteiger partial charge in [0.1, 0.15) is 5.82 Å². The summed E-state index contributed by atoms with van der Waals surface area (Å²) in [5.41, 5.74) is 1.04. The van der Waals surface area contributed by atoms with E-state index in [-0.39, 0.29) is 23.7 Å². The van der Waals surface area contributed by atoms with E-state index in [4.69, 9.17) is 0 Å². The van der Waals surface area contributed by atoms with Crippen molar-refractivity contribution in [1.82, 2.24) is 10.6 Å². The van der Waals surface area contributed by atoms with E-state index >= 15 is 0 Å². The number of rotatable bonds is 4. The van der Waals surface area contributed by atoms with E-state index in [1.54, 1.807) is 0 Å². The van der Waals surface area contributed by atoms with Crippen molar-refractivity contribution in [1.29, 1.82) is 0 Å². The summed E-state index contributed by atoms with van der Waals surface area (Å²) >= 11 is 0. The molecule has 1 heterocycles. The van der Waals surface area contributed by atoms with Gasteiger partial charge in [0.2, 0.25) is 5.91 Å². The highest BCUT2D eigenvalue weighted by atomic mass is 19.1. The Kier molecular flexibility index (Phi) is 5.08. The summed E-state index contributed by atoms with van der Waals surface area (Å²) in [5, 5.41) is 6.57. The maximum Gasteiger partial charge on any atom is 0.223 e. The van der Waals surface area contributed by atoms with Crippen LogP contribution in [-0.2, 0) is 4.79 Å². The normalized spacial score (nSPS) is 21.7. The number of benzene rings is 1. The maximum atomic E-state index is 13.2. The van der Waals surface area contributed by atoms with Crippen molar-refractivity contribution >= 4 is 5.91 Å². The largest absolute Gasteiger partial charge is 0.349 e. The molecule has 22 heavy (non-hydrogen) atoms. The average molecular weight is 304 g/mol. The molecule has 1 amide bonds. The molecule has 0 radical (unpaired) electrons. The zero-order chi connectivity index (χ0) is 15.4. The maximum absolute atomic E-state index is 13.2. The highest BCUT2D eigenvalue weighted by Gasteiger charge is 2.30. The van der Waals surface area contributed by atoms with Crippen LogP contribution < -0.4 is 10.6 Å². The van der Waals surface area contributed by atoms with E-state index in [1.165, 1.54) is 25.0 Å². The number of halogens is 1. The van der Waals surface area contributed by atoms with Gasteiger partial charge in [-0.15, -0.1) is 0 Å². The number of amides is 1. The first-order valence-corrected chi connectivity index (χ1v) is 8.50. The van der Waals surface area contributed by atoms with Crippen LogP contribution in [0.25, 0.3) is 0 Å². The second-order valence-corrected chi connectivity index (χ2v) is 6.61. The van der Waals surface area contributed by atoms with Gasteiger partial charge in [0.05, 0.1) is 6.04 Å². The van der Waals surface area contributed by atoms with E-state index in [0.29, 0.717) is 5.92 Å². The SMILES string of the molecule is O=C(NC(c1ccc(F)cc1)C1CCCC1)C1CCNCC1.